The Morgan fingerprint density at radius 2 is 2.19 bits per heavy atom. The Morgan fingerprint density at radius 1 is 1.38 bits per heavy atom. The summed E-state index contributed by atoms with van der Waals surface area (Å²) in [4.78, 5) is 16.3. The lowest BCUT2D eigenvalue weighted by atomic mass is 10.1. The van der Waals surface area contributed by atoms with Gasteiger partial charge in [-0.05, 0) is 18.6 Å². The fourth-order valence-corrected chi connectivity index (χ4v) is 2.19. The number of nitrogens with one attached hydrogen (secondary N) is 3. The van der Waals surface area contributed by atoms with E-state index in [1.807, 2.05) is 13.0 Å². The third-order valence-electron chi connectivity index (χ3n) is 3.31. The zero-order valence-corrected chi connectivity index (χ0v) is 13.1. The number of halogens is 2. The molecule has 3 heterocycles. The van der Waals surface area contributed by atoms with Crippen molar-refractivity contribution in [3.05, 3.63) is 41.0 Å². The first kappa shape index (κ1) is 17.4. The minimum Gasteiger partial charge on any atom is -0.319 e. The number of anilines is 1. The van der Waals surface area contributed by atoms with E-state index in [1.165, 1.54) is 0 Å². The van der Waals surface area contributed by atoms with Gasteiger partial charge in [-0.3, -0.25) is 14.9 Å². The summed E-state index contributed by atoms with van der Waals surface area (Å²) in [6.45, 7) is 3.53. The summed E-state index contributed by atoms with van der Waals surface area (Å²) in [5, 5.41) is 13.2. The van der Waals surface area contributed by atoms with Crippen LogP contribution in [-0.2, 0) is 13.0 Å². The van der Waals surface area contributed by atoms with Gasteiger partial charge >= 0.3 is 0 Å². The van der Waals surface area contributed by atoms with Crippen LogP contribution in [0.2, 0.25) is 0 Å². The standard InChI is InChI=1S/C13H15N5O.2ClH/c1-8-2-4-15-7-11(8)16-13(19)12-9-6-14-5-3-10(9)17-18-12;;/h2,4,7,14H,3,5-6H2,1H3,(H,16,19)(H,17,18);2*1H. The fourth-order valence-electron chi connectivity index (χ4n) is 2.19. The summed E-state index contributed by atoms with van der Waals surface area (Å²) in [5.74, 6) is -0.197. The van der Waals surface area contributed by atoms with Crippen molar-refractivity contribution in [3.63, 3.8) is 0 Å². The number of carbonyl (C=O) groups is 1. The molecule has 0 bridgehead atoms. The third kappa shape index (κ3) is 3.53. The van der Waals surface area contributed by atoms with Gasteiger partial charge in [0.1, 0.15) is 0 Å². The Morgan fingerprint density at radius 3 is 2.95 bits per heavy atom. The maximum absolute atomic E-state index is 12.3. The molecule has 21 heavy (non-hydrogen) atoms. The highest BCUT2D eigenvalue weighted by molar-refractivity contribution is 6.04. The zero-order valence-electron chi connectivity index (χ0n) is 11.5. The molecule has 0 aliphatic carbocycles. The first-order chi connectivity index (χ1) is 9.25. The third-order valence-corrected chi connectivity index (χ3v) is 3.31. The van der Waals surface area contributed by atoms with Crippen molar-refractivity contribution in [1.82, 2.24) is 20.5 Å². The first-order valence-electron chi connectivity index (χ1n) is 6.24. The molecule has 3 N–H and O–H groups in total. The van der Waals surface area contributed by atoms with Gasteiger partial charge in [0.25, 0.3) is 5.91 Å². The Balaban J connectivity index is 0.00000110. The van der Waals surface area contributed by atoms with E-state index in [2.05, 4.69) is 25.8 Å². The Labute approximate surface area is 134 Å². The molecule has 1 aliphatic rings. The van der Waals surface area contributed by atoms with Crippen molar-refractivity contribution >= 4 is 36.4 Å². The molecule has 0 fully saturated rings. The van der Waals surface area contributed by atoms with Crippen LogP contribution in [0.5, 0.6) is 0 Å². The first-order valence-corrected chi connectivity index (χ1v) is 6.24. The molecule has 114 valence electrons. The number of amides is 1. The predicted octanol–water partition coefficient (Wildman–Crippen LogP) is 1.85. The van der Waals surface area contributed by atoms with Gasteiger partial charge in [-0.2, -0.15) is 5.10 Å². The van der Waals surface area contributed by atoms with E-state index in [-0.39, 0.29) is 30.7 Å². The fraction of sp³-hybridized carbons (Fsp3) is 0.308. The minimum absolute atomic E-state index is 0. The number of hydrogen-bond acceptors (Lipinski definition) is 4. The number of carbonyl (C=O) groups excluding carboxylic acids is 1. The van der Waals surface area contributed by atoms with Crippen molar-refractivity contribution in [2.45, 2.75) is 19.9 Å². The molecular formula is C13H17Cl2N5O. The van der Waals surface area contributed by atoms with Crippen molar-refractivity contribution in [1.29, 1.82) is 0 Å². The molecule has 0 aromatic carbocycles. The van der Waals surface area contributed by atoms with Gasteiger partial charge in [-0.1, -0.05) is 0 Å². The molecule has 1 aliphatic heterocycles. The largest absolute Gasteiger partial charge is 0.319 e. The summed E-state index contributed by atoms with van der Waals surface area (Å²) in [6, 6.07) is 1.86. The molecule has 0 unspecified atom stereocenters. The quantitative estimate of drug-likeness (QED) is 0.785. The van der Waals surface area contributed by atoms with Crippen LogP contribution in [0.1, 0.15) is 27.3 Å². The van der Waals surface area contributed by atoms with Crippen LogP contribution >= 0.6 is 24.8 Å². The number of H-pyrrole nitrogens is 1. The monoisotopic (exact) mass is 329 g/mol. The second-order valence-corrected chi connectivity index (χ2v) is 4.60. The number of aryl methyl sites for hydroxylation is 1. The van der Waals surface area contributed by atoms with Crippen LogP contribution in [0.15, 0.2) is 18.5 Å². The van der Waals surface area contributed by atoms with E-state index in [0.717, 1.165) is 29.8 Å². The highest BCUT2D eigenvalue weighted by atomic mass is 35.5. The number of pyridine rings is 1. The topological polar surface area (TPSA) is 82.7 Å². The molecule has 8 heteroatoms. The lowest BCUT2D eigenvalue weighted by molar-refractivity contribution is 0.102. The molecule has 0 spiro atoms. The van der Waals surface area contributed by atoms with Crippen LogP contribution in [-0.4, -0.2) is 27.6 Å². The van der Waals surface area contributed by atoms with Crippen LogP contribution in [0.25, 0.3) is 0 Å². The lowest BCUT2D eigenvalue weighted by Gasteiger charge is -2.13. The molecule has 0 atom stereocenters. The average molecular weight is 330 g/mol. The van der Waals surface area contributed by atoms with Gasteiger partial charge in [0.2, 0.25) is 0 Å². The molecule has 3 rings (SSSR count). The Kier molecular flexibility index (Phi) is 6.14. The summed E-state index contributed by atoms with van der Waals surface area (Å²) in [7, 11) is 0. The molecule has 1 amide bonds. The van der Waals surface area contributed by atoms with Gasteiger partial charge in [-0.15, -0.1) is 24.8 Å². The number of aromatic nitrogens is 3. The van der Waals surface area contributed by atoms with Crippen molar-refractivity contribution in [2.75, 3.05) is 11.9 Å². The number of hydrogen-bond donors (Lipinski definition) is 3. The van der Waals surface area contributed by atoms with Gasteiger partial charge < -0.3 is 10.6 Å². The lowest BCUT2D eigenvalue weighted by Crippen LogP contribution is -2.25. The van der Waals surface area contributed by atoms with Gasteiger partial charge in [-0.25, -0.2) is 0 Å². The second-order valence-electron chi connectivity index (χ2n) is 4.60. The molecule has 6 nitrogen and oxygen atoms in total. The molecule has 2 aromatic heterocycles. The van der Waals surface area contributed by atoms with E-state index in [4.69, 9.17) is 0 Å². The van der Waals surface area contributed by atoms with E-state index in [1.54, 1.807) is 12.4 Å². The van der Waals surface area contributed by atoms with Crippen LogP contribution in [0.3, 0.4) is 0 Å². The summed E-state index contributed by atoms with van der Waals surface area (Å²) in [6.07, 6.45) is 4.22. The van der Waals surface area contributed by atoms with E-state index in [9.17, 15) is 4.79 Å². The average Bonchev–Trinajstić information content (AvgIpc) is 2.85. The van der Waals surface area contributed by atoms with Crippen LogP contribution in [0, 0.1) is 6.92 Å². The van der Waals surface area contributed by atoms with E-state index in [0.29, 0.717) is 17.9 Å². The summed E-state index contributed by atoms with van der Waals surface area (Å²) in [5.41, 5.74) is 4.17. The predicted molar refractivity (Wildman–Crippen MR) is 85.4 cm³/mol. The molecule has 0 radical (unpaired) electrons. The molecule has 0 saturated heterocycles. The molecule has 2 aromatic rings. The summed E-state index contributed by atoms with van der Waals surface area (Å²) < 4.78 is 0. The number of rotatable bonds is 2. The van der Waals surface area contributed by atoms with Crippen LogP contribution < -0.4 is 10.6 Å². The minimum atomic E-state index is -0.197. The van der Waals surface area contributed by atoms with Crippen LogP contribution in [0.4, 0.5) is 5.69 Å². The smallest absolute Gasteiger partial charge is 0.276 e. The Bertz CT molecular complexity index is 629. The van der Waals surface area contributed by atoms with Gasteiger partial charge in [0.15, 0.2) is 5.69 Å². The van der Waals surface area contributed by atoms with E-state index < -0.39 is 0 Å². The van der Waals surface area contributed by atoms with Gasteiger partial charge in [0, 0.05) is 37.0 Å². The van der Waals surface area contributed by atoms with Crippen molar-refractivity contribution in [2.24, 2.45) is 0 Å². The van der Waals surface area contributed by atoms with E-state index >= 15 is 0 Å². The number of aromatic amines is 1. The second kappa shape index (κ2) is 7.40. The zero-order chi connectivity index (χ0) is 13.2. The normalized spacial score (nSPS) is 12.6. The van der Waals surface area contributed by atoms with Crippen molar-refractivity contribution < 1.29 is 4.79 Å². The van der Waals surface area contributed by atoms with Crippen molar-refractivity contribution in [3.8, 4) is 0 Å². The maximum atomic E-state index is 12.3. The molecular weight excluding hydrogens is 313 g/mol. The highest BCUT2D eigenvalue weighted by Gasteiger charge is 2.21. The van der Waals surface area contributed by atoms with Gasteiger partial charge in [0.05, 0.1) is 11.9 Å². The Hall–Kier alpha value is -1.63. The highest BCUT2D eigenvalue weighted by Crippen LogP contribution is 2.18. The SMILES string of the molecule is Cc1ccncc1NC(=O)c1n[nH]c2c1CNCC2.Cl.Cl. The maximum Gasteiger partial charge on any atom is 0.276 e. The molecule has 0 saturated carbocycles. The number of fused-ring (bicyclic) bond motifs is 1. The summed E-state index contributed by atoms with van der Waals surface area (Å²) >= 11 is 0. The number of nitrogens with zero attached hydrogens (tertiary/aromatic N) is 2.